The first-order valence-electron chi connectivity index (χ1n) is 11.7. The number of para-hydroxylation sites is 2. The van der Waals surface area contributed by atoms with Crippen LogP contribution < -0.4 is 10.7 Å². The Hall–Kier alpha value is -4.46. The van der Waals surface area contributed by atoms with Gasteiger partial charge in [-0.1, -0.05) is 37.6 Å². The van der Waals surface area contributed by atoms with Gasteiger partial charge in [-0.25, -0.2) is 4.79 Å². The predicted molar refractivity (Wildman–Crippen MR) is 137 cm³/mol. The number of hydrogen-bond acceptors (Lipinski definition) is 6. The van der Waals surface area contributed by atoms with E-state index in [0.717, 1.165) is 12.8 Å². The van der Waals surface area contributed by atoms with Crippen molar-refractivity contribution in [2.24, 2.45) is 0 Å². The number of carbonyl (C=O) groups excluding carboxylic acids is 3. The first-order chi connectivity index (χ1) is 17.5. The van der Waals surface area contributed by atoms with E-state index in [1.54, 1.807) is 77.4 Å². The number of hydrogen-bond donors (Lipinski definition) is 1. The number of amides is 1. The van der Waals surface area contributed by atoms with E-state index in [2.05, 4.69) is 5.32 Å². The number of nitrogens with one attached hydrogen (secondary N) is 1. The molecule has 4 rings (SSSR count). The van der Waals surface area contributed by atoms with Gasteiger partial charge in [-0.05, 0) is 55.0 Å². The highest BCUT2D eigenvalue weighted by Crippen LogP contribution is 2.19. The number of benzene rings is 3. The van der Waals surface area contributed by atoms with Crippen LogP contribution in [0.15, 0.2) is 77.6 Å². The Morgan fingerprint density at radius 2 is 1.44 bits per heavy atom. The second-order valence-corrected chi connectivity index (χ2v) is 8.23. The molecule has 8 nitrogen and oxygen atoms in total. The van der Waals surface area contributed by atoms with Gasteiger partial charge < -0.3 is 19.4 Å². The van der Waals surface area contributed by atoms with Crippen LogP contribution in [0, 0.1) is 0 Å². The van der Waals surface area contributed by atoms with Crippen molar-refractivity contribution < 1.29 is 23.9 Å². The molecule has 0 bridgehead atoms. The van der Waals surface area contributed by atoms with Crippen LogP contribution in [0.3, 0.4) is 0 Å². The average Bonchev–Trinajstić information content (AvgIpc) is 2.90. The molecule has 0 radical (unpaired) electrons. The average molecular weight is 487 g/mol. The van der Waals surface area contributed by atoms with Gasteiger partial charge in [-0.15, -0.1) is 0 Å². The lowest BCUT2D eigenvalue weighted by Crippen LogP contribution is -2.24. The zero-order valence-electron chi connectivity index (χ0n) is 19.9. The minimum atomic E-state index is -0.616. The molecule has 0 aliphatic rings. The Morgan fingerprint density at radius 1 is 0.833 bits per heavy atom. The summed E-state index contributed by atoms with van der Waals surface area (Å²) in [4.78, 5) is 49.7. The minimum absolute atomic E-state index is 0.106. The molecule has 0 aliphatic heterocycles. The molecular formula is C28H26N2O6. The fourth-order valence-corrected chi connectivity index (χ4v) is 3.85. The van der Waals surface area contributed by atoms with Crippen molar-refractivity contribution in [3.05, 3.63) is 88.6 Å². The zero-order chi connectivity index (χ0) is 25.5. The highest BCUT2D eigenvalue weighted by molar-refractivity contribution is 5.96. The second kappa shape index (κ2) is 11.3. The van der Waals surface area contributed by atoms with Crippen LogP contribution in [-0.2, 0) is 25.6 Å². The summed E-state index contributed by atoms with van der Waals surface area (Å²) in [6, 6.07) is 20.4. The first kappa shape index (κ1) is 24.7. The van der Waals surface area contributed by atoms with Crippen LogP contribution in [0.2, 0.25) is 0 Å². The van der Waals surface area contributed by atoms with Crippen LogP contribution in [0.5, 0.6) is 0 Å². The molecule has 3 aromatic carbocycles. The van der Waals surface area contributed by atoms with Gasteiger partial charge in [0.25, 0.3) is 5.91 Å². The lowest BCUT2D eigenvalue weighted by atomic mass is 10.1. The maximum absolute atomic E-state index is 12.8. The fourth-order valence-electron chi connectivity index (χ4n) is 3.85. The Kier molecular flexibility index (Phi) is 7.75. The van der Waals surface area contributed by atoms with Gasteiger partial charge in [-0.2, -0.15) is 0 Å². The van der Waals surface area contributed by atoms with Crippen molar-refractivity contribution in [3.8, 4) is 0 Å². The highest BCUT2D eigenvalue weighted by atomic mass is 16.5. The Bertz CT molecular complexity index is 1410. The van der Waals surface area contributed by atoms with Gasteiger partial charge in [0.05, 0.1) is 23.2 Å². The molecule has 1 aromatic heterocycles. The summed E-state index contributed by atoms with van der Waals surface area (Å²) >= 11 is 0. The van der Waals surface area contributed by atoms with E-state index in [4.69, 9.17) is 9.47 Å². The van der Waals surface area contributed by atoms with Gasteiger partial charge in [0.2, 0.25) is 0 Å². The summed E-state index contributed by atoms with van der Waals surface area (Å²) in [6.07, 6.45) is 1.73. The molecule has 0 atom stereocenters. The van der Waals surface area contributed by atoms with E-state index in [0.29, 0.717) is 39.7 Å². The minimum Gasteiger partial charge on any atom is -0.462 e. The zero-order valence-corrected chi connectivity index (χ0v) is 19.9. The van der Waals surface area contributed by atoms with Crippen molar-refractivity contribution in [3.63, 3.8) is 0 Å². The van der Waals surface area contributed by atoms with Crippen molar-refractivity contribution in [2.75, 3.05) is 18.5 Å². The lowest BCUT2D eigenvalue weighted by molar-refractivity contribution is -0.147. The summed E-state index contributed by atoms with van der Waals surface area (Å²) < 4.78 is 12.1. The summed E-state index contributed by atoms with van der Waals surface area (Å²) in [5, 5.41) is 3.63. The molecule has 1 amide bonds. The number of fused-ring (bicyclic) bond motifs is 2. The Morgan fingerprint density at radius 3 is 2.06 bits per heavy atom. The van der Waals surface area contributed by atoms with E-state index in [1.165, 1.54) is 0 Å². The molecule has 36 heavy (non-hydrogen) atoms. The third kappa shape index (κ3) is 5.60. The molecule has 0 aliphatic carbocycles. The SMILES string of the molecule is CCCCOC(=O)c1ccc(NC(=O)COC(=O)Cn2c3ccccc3c(=O)c3ccccc32)cc1. The fraction of sp³-hybridized carbons (Fsp3) is 0.214. The number of aromatic nitrogens is 1. The van der Waals surface area contributed by atoms with Gasteiger partial charge in [-0.3, -0.25) is 14.4 Å². The van der Waals surface area contributed by atoms with Crippen LogP contribution >= 0.6 is 0 Å². The molecule has 0 spiro atoms. The standard InChI is InChI=1S/C28H26N2O6/c1-2-3-16-35-28(34)19-12-14-20(15-13-19)29-25(31)18-36-26(32)17-30-23-10-6-4-8-21(23)27(33)22-9-5-7-11-24(22)30/h4-15H,2-3,16-18H2,1H3,(H,29,31). The molecule has 0 saturated heterocycles. The normalized spacial score (nSPS) is 10.8. The monoisotopic (exact) mass is 486 g/mol. The van der Waals surface area contributed by atoms with Gasteiger partial charge in [0, 0.05) is 16.5 Å². The summed E-state index contributed by atoms with van der Waals surface area (Å²) in [5.41, 5.74) is 1.95. The van der Waals surface area contributed by atoms with Gasteiger partial charge in [0.1, 0.15) is 6.54 Å². The van der Waals surface area contributed by atoms with E-state index >= 15 is 0 Å². The highest BCUT2D eigenvalue weighted by Gasteiger charge is 2.15. The predicted octanol–water partition coefficient (Wildman–Crippen LogP) is 4.29. The van der Waals surface area contributed by atoms with E-state index < -0.39 is 24.5 Å². The first-order valence-corrected chi connectivity index (χ1v) is 11.7. The van der Waals surface area contributed by atoms with Crippen molar-refractivity contribution in [1.29, 1.82) is 0 Å². The largest absolute Gasteiger partial charge is 0.462 e. The Balaban J connectivity index is 1.38. The molecule has 8 heteroatoms. The smallest absolute Gasteiger partial charge is 0.338 e. The topological polar surface area (TPSA) is 104 Å². The van der Waals surface area contributed by atoms with Crippen molar-refractivity contribution >= 4 is 45.3 Å². The number of carbonyl (C=O) groups is 3. The lowest BCUT2D eigenvalue weighted by Gasteiger charge is -2.14. The maximum atomic E-state index is 12.8. The number of unbranched alkanes of at least 4 members (excludes halogenated alkanes) is 1. The van der Waals surface area contributed by atoms with Crippen molar-refractivity contribution in [2.45, 2.75) is 26.3 Å². The van der Waals surface area contributed by atoms with Gasteiger partial charge >= 0.3 is 11.9 Å². The number of ether oxygens (including phenoxy) is 2. The van der Waals surface area contributed by atoms with E-state index in [9.17, 15) is 19.2 Å². The van der Waals surface area contributed by atoms with Crippen LogP contribution in [0.4, 0.5) is 5.69 Å². The molecule has 1 heterocycles. The molecule has 4 aromatic rings. The molecule has 0 fully saturated rings. The van der Waals surface area contributed by atoms with Crippen molar-refractivity contribution in [1.82, 2.24) is 4.57 Å². The second-order valence-electron chi connectivity index (χ2n) is 8.23. The summed E-state index contributed by atoms with van der Waals surface area (Å²) in [5.74, 6) is -1.55. The number of esters is 2. The number of nitrogens with zero attached hydrogens (tertiary/aromatic N) is 1. The summed E-state index contributed by atoms with van der Waals surface area (Å²) in [7, 11) is 0. The molecule has 184 valence electrons. The molecular weight excluding hydrogens is 460 g/mol. The molecule has 0 saturated carbocycles. The third-order valence-corrected chi connectivity index (χ3v) is 5.67. The summed E-state index contributed by atoms with van der Waals surface area (Å²) in [6.45, 7) is 1.74. The van der Waals surface area contributed by atoms with E-state index in [-0.39, 0.29) is 12.0 Å². The van der Waals surface area contributed by atoms with Crippen LogP contribution in [0.25, 0.3) is 21.8 Å². The molecule has 0 unspecified atom stereocenters. The maximum Gasteiger partial charge on any atom is 0.338 e. The Labute approximate surface area is 207 Å². The van der Waals surface area contributed by atoms with Crippen LogP contribution in [0.1, 0.15) is 30.1 Å². The molecule has 1 N–H and O–H groups in total. The number of pyridine rings is 1. The van der Waals surface area contributed by atoms with Crippen LogP contribution in [-0.4, -0.2) is 35.6 Å². The van der Waals surface area contributed by atoms with E-state index in [1.807, 2.05) is 6.92 Å². The third-order valence-electron chi connectivity index (χ3n) is 5.67. The number of rotatable bonds is 9. The number of anilines is 1. The quantitative estimate of drug-likeness (QED) is 0.215. The van der Waals surface area contributed by atoms with Gasteiger partial charge in [0.15, 0.2) is 12.0 Å².